The zero-order chi connectivity index (χ0) is 43.7. The molecule has 0 spiro atoms. The predicted molar refractivity (Wildman–Crippen MR) is 237 cm³/mol. The maximum atomic E-state index is 15.1. The number of benzene rings is 2. The predicted octanol–water partition coefficient (Wildman–Crippen LogP) is 4.83. The van der Waals surface area contributed by atoms with Gasteiger partial charge >= 0.3 is 12.0 Å². The normalized spacial score (nSPS) is 24.4. The molecule has 2 aliphatic heterocycles. The number of alkyl halides is 1. The molecule has 2 saturated heterocycles. The number of nitrogens with zero attached hydrogens (tertiary/aromatic N) is 7. The molecule has 2 aromatic carbocycles. The number of ether oxygens (including phenoxy) is 2. The van der Waals surface area contributed by atoms with Gasteiger partial charge in [-0.3, -0.25) is 4.90 Å². The number of anilines is 2. The molecule has 0 bridgehead atoms. The molecule has 1 aliphatic carbocycles. The highest BCUT2D eigenvalue weighted by molar-refractivity contribution is 7.16. The van der Waals surface area contributed by atoms with Crippen LogP contribution >= 0.6 is 11.3 Å². The third kappa shape index (κ3) is 8.61. The average Bonchev–Trinajstić information content (AvgIpc) is 3.68. The number of nitriles is 1. The quantitative estimate of drug-likeness (QED) is 0.0688. The number of likely N-dealkylation sites (tertiary alicyclic amines) is 1. The Hall–Kier alpha value is -4.99. The van der Waals surface area contributed by atoms with Gasteiger partial charge in [-0.05, 0) is 68.9 Å². The molecule has 0 amide bonds. The van der Waals surface area contributed by atoms with Gasteiger partial charge in [-0.15, -0.1) is 11.3 Å². The van der Waals surface area contributed by atoms with Crippen molar-refractivity contribution in [3.63, 3.8) is 0 Å². The highest BCUT2D eigenvalue weighted by Gasteiger charge is 2.54. The van der Waals surface area contributed by atoms with Crippen molar-refractivity contribution in [1.82, 2.24) is 19.9 Å². The third-order valence-electron chi connectivity index (χ3n) is 12.2. The standard InChI is InChI=1S/C44H56FN9O5SSi/c1-28(35-32(45)20-22-53(35)7)57-41-50-38(36(47)52-58-39(55)44(6)21-14-19-33-34(44)31(25-46)37(48)60-33)49-40(51-41)54-23-24-56-27-43(5,26-54)59-61(42(2,3)4,29-15-10-8-11-16-29)30-17-12-9-13-18-30/h8-13,15-18,28,32,35H,14,19-24,26-27,48H2,1-7H3,(H2,47,52)/t28?,32-,35-,43+,44+/m1/s1. The van der Waals surface area contributed by atoms with E-state index in [1.54, 1.807) is 13.8 Å². The number of amidine groups is 1. The third-order valence-corrected chi connectivity index (χ3v) is 18.5. The molecule has 14 nitrogen and oxygen atoms in total. The molecule has 3 aliphatic rings. The van der Waals surface area contributed by atoms with Crippen molar-refractivity contribution in [3.8, 4) is 12.1 Å². The molecule has 17 heteroatoms. The smallest absolute Gasteiger partial charge is 0.345 e. The number of carbonyl (C=O) groups excluding carboxylic acids is 1. The van der Waals surface area contributed by atoms with E-state index in [4.69, 9.17) is 40.2 Å². The molecule has 61 heavy (non-hydrogen) atoms. The molecule has 1 unspecified atom stereocenters. The minimum absolute atomic E-state index is 0.0967. The van der Waals surface area contributed by atoms with E-state index >= 15 is 4.39 Å². The minimum atomic E-state index is -3.06. The summed E-state index contributed by atoms with van der Waals surface area (Å²) in [6.45, 7) is 14.2. The van der Waals surface area contributed by atoms with Gasteiger partial charge in [0.15, 0.2) is 0 Å². The first-order valence-corrected chi connectivity index (χ1v) is 23.5. The maximum Gasteiger partial charge on any atom is 0.345 e. The largest absolute Gasteiger partial charge is 0.459 e. The van der Waals surface area contributed by atoms with Crippen LogP contribution in [-0.2, 0) is 30.6 Å². The summed E-state index contributed by atoms with van der Waals surface area (Å²) in [5.41, 5.74) is 11.5. The number of oxime groups is 1. The van der Waals surface area contributed by atoms with Gasteiger partial charge in [0.05, 0.1) is 42.4 Å². The van der Waals surface area contributed by atoms with Gasteiger partial charge in [0.1, 0.15) is 23.3 Å². The van der Waals surface area contributed by atoms with Gasteiger partial charge in [-0.25, -0.2) is 9.18 Å². The first-order chi connectivity index (χ1) is 29.0. The van der Waals surface area contributed by atoms with Crippen LogP contribution in [0.25, 0.3) is 0 Å². The summed E-state index contributed by atoms with van der Waals surface area (Å²) in [4.78, 5) is 38.2. The van der Waals surface area contributed by atoms with Crippen LogP contribution in [0.3, 0.4) is 0 Å². The Morgan fingerprint density at radius 1 is 1.10 bits per heavy atom. The van der Waals surface area contributed by atoms with E-state index in [2.05, 4.69) is 68.2 Å². The van der Waals surface area contributed by atoms with Crippen LogP contribution in [-0.4, -0.2) is 104 Å². The Kier molecular flexibility index (Phi) is 12.6. The number of rotatable bonds is 11. The maximum absolute atomic E-state index is 15.1. The van der Waals surface area contributed by atoms with E-state index in [1.807, 2.05) is 53.2 Å². The fourth-order valence-corrected chi connectivity index (χ4v) is 15.2. The van der Waals surface area contributed by atoms with Crippen molar-refractivity contribution in [1.29, 1.82) is 5.26 Å². The number of aryl methyl sites for hydroxylation is 1. The van der Waals surface area contributed by atoms with E-state index in [0.29, 0.717) is 69.1 Å². The molecule has 2 fully saturated rings. The van der Waals surface area contributed by atoms with Crippen LogP contribution in [0.5, 0.6) is 6.01 Å². The first-order valence-electron chi connectivity index (χ1n) is 20.8. The molecule has 0 saturated carbocycles. The number of hydrogen-bond donors (Lipinski definition) is 2. The second-order valence-corrected chi connectivity index (χ2v) is 23.2. The van der Waals surface area contributed by atoms with Crippen LogP contribution in [0.2, 0.25) is 5.04 Å². The van der Waals surface area contributed by atoms with E-state index in [1.165, 1.54) is 11.3 Å². The Morgan fingerprint density at radius 3 is 2.38 bits per heavy atom. The molecule has 2 aromatic heterocycles. The molecule has 324 valence electrons. The Morgan fingerprint density at radius 2 is 1.77 bits per heavy atom. The zero-order valence-corrected chi connectivity index (χ0v) is 37.8. The van der Waals surface area contributed by atoms with E-state index < -0.39 is 43.6 Å². The second kappa shape index (κ2) is 17.4. The molecule has 0 radical (unpaired) electrons. The zero-order valence-electron chi connectivity index (χ0n) is 36.0. The van der Waals surface area contributed by atoms with Gasteiger partial charge in [0, 0.05) is 23.5 Å². The SMILES string of the molecule is CC(Oc1nc(/C(N)=N/OC(=O)[C@@]2(C)CCCc3sc(N)c(C#N)c32)nc(N2CCOC[C@@](C)(O[Si](c3ccccc3)(c3ccccc3)C(C)(C)C)C2)n1)[C@@H]1[C@H](F)CCN1C. The first kappa shape index (κ1) is 44.1. The number of nitrogen functional groups attached to an aromatic ring is 1. The van der Waals surface area contributed by atoms with Crippen molar-refractivity contribution in [2.24, 2.45) is 10.9 Å². The highest BCUT2D eigenvalue weighted by atomic mass is 32.1. The Labute approximate surface area is 362 Å². The van der Waals surface area contributed by atoms with Crippen LogP contribution in [0.15, 0.2) is 65.8 Å². The van der Waals surface area contributed by atoms with Crippen LogP contribution < -0.4 is 31.5 Å². The monoisotopic (exact) mass is 869 g/mol. The summed E-state index contributed by atoms with van der Waals surface area (Å²) in [6, 6.07) is 22.4. The number of likely N-dealkylation sites (N-methyl/N-ethyl adjacent to an activating group) is 1. The lowest BCUT2D eigenvalue weighted by Crippen LogP contribution is -2.70. The van der Waals surface area contributed by atoms with Gasteiger partial charge in [-0.1, -0.05) is 86.6 Å². The average molecular weight is 870 g/mol. The van der Waals surface area contributed by atoms with Gasteiger partial charge < -0.3 is 35.1 Å². The summed E-state index contributed by atoms with van der Waals surface area (Å²) in [5, 5.41) is 16.3. The molecular weight excluding hydrogens is 814 g/mol. The lowest BCUT2D eigenvalue weighted by molar-refractivity contribution is -0.150. The number of fused-ring (bicyclic) bond motifs is 1. The Bertz CT molecular complexity index is 2240. The van der Waals surface area contributed by atoms with Crippen molar-refractivity contribution >= 4 is 52.8 Å². The number of thiophene rings is 1. The fraction of sp³-hybridized carbons (Fsp3) is 0.500. The fourth-order valence-electron chi connectivity index (χ4n) is 9.24. The number of halogens is 1. The summed E-state index contributed by atoms with van der Waals surface area (Å²) in [5.74, 6) is -0.905. The lowest BCUT2D eigenvalue weighted by atomic mass is 9.72. The van der Waals surface area contributed by atoms with Crippen molar-refractivity contribution in [2.45, 2.75) is 102 Å². The van der Waals surface area contributed by atoms with Crippen LogP contribution in [0, 0.1) is 11.3 Å². The van der Waals surface area contributed by atoms with Crippen LogP contribution in [0.4, 0.5) is 15.3 Å². The molecule has 4 heterocycles. The van der Waals surface area contributed by atoms with Gasteiger partial charge in [0.2, 0.25) is 17.6 Å². The number of nitrogens with two attached hydrogens (primary N) is 2. The highest BCUT2D eigenvalue weighted by Crippen LogP contribution is 2.46. The molecule has 5 atom stereocenters. The van der Waals surface area contributed by atoms with Crippen LogP contribution in [0.1, 0.15) is 82.6 Å². The number of hydrogen-bond acceptors (Lipinski definition) is 14. The number of carbonyl (C=O) groups is 1. The summed E-state index contributed by atoms with van der Waals surface area (Å²) in [7, 11) is -1.20. The lowest BCUT2D eigenvalue weighted by Gasteiger charge is -2.48. The van der Waals surface area contributed by atoms with E-state index in [9.17, 15) is 10.1 Å². The second-order valence-electron chi connectivity index (χ2n) is 17.8. The molecule has 4 N–H and O–H groups in total. The molecule has 7 rings (SSSR count). The van der Waals surface area contributed by atoms with Crippen molar-refractivity contribution in [3.05, 3.63) is 82.5 Å². The van der Waals surface area contributed by atoms with Crippen molar-refractivity contribution < 1.29 is 27.9 Å². The van der Waals surface area contributed by atoms with E-state index in [0.717, 1.165) is 15.3 Å². The number of aromatic nitrogens is 3. The topological polar surface area (TPSA) is 187 Å². The summed E-state index contributed by atoms with van der Waals surface area (Å²) < 4.78 is 35.4. The van der Waals surface area contributed by atoms with Gasteiger partial charge in [-0.2, -0.15) is 20.2 Å². The summed E-state index contributed by atoms with van der Waals surface area (Å²) >= 11 is 1.32. The molecule has 4 aromatic rings. The van der Waals surface area contributed by atoms with Gasteiger partial charge in [0.25, 0.3) is 8.32 Å². The Balaban J connectivity index is 1.25. The minimum Gasteiger partial charge on any atom is -0.459 e. The van der Waals surface area contributed by atoms with Crippen molar-refractivity contribution in [2.75, 3.05) is 50.5 Å². The van der Waals surface area contributed by atoms with E-state index in [-0.39, 0.29) is 34.2 Å². The summed E-state index contributed by atoms with van der Waals surface area (Å²) in [6.07, 6.45) is 0.480. The molecular formula is C44H56FN9O5SSi.